The van der Waals surface area contributed by atoms with E-state index in [9.17, 15) is 4.79 Å². The molecule has 1 aliphatic rings. The molecule has 0 spiro atoms. The summed E-state index contributed by atoms with van der Waals surface area (Å²) in [6.45, 7) is 18.9. The topological polar surface area (TPSA) is 26.9 Å². The Morgan fingerprint density at radius 3 is 2.09 bits per heavy atom. The Hall–Kier alpha value is -6.97. The highest BCUT2D eigenvalue weighted by Gasteiger charge is 2.36. The molecule has 0 amide bonds. The summed E-state index contributed by atoms with van der Waals surface area (Å²) in [5.41, 5.74) is 18.9. The van der Waals surface area contributed by atoms with Crippen LogP contribution in [0.25, 0.3) is 89.5 Å². The Balaban J connectivity index is 1.12. The van der Waals surface area contributed by atoms with Crippen molar-refractivity contribution in [1.82, 2.24) is 9.13 Å². The van der Waals surface area contributed by atoms with Crippen LogP contribution < -0.4 is 0 Å². The number of nitrogens with zero attached hydrogens (tertiary/aromatic N) is 2. The molecule has 0 radical (unpaired) electrons. The first-order chi connectivity index (χ1) is 27.7. The summed E-state index contributed by atoms with van der Waals surface area (Å²) in [6.07, 6.45) is 10.5. The maximum absolute atomic E-state index is 11.9. The summed E-state index contributed by atoms with van der Waals surface area (Å²) in [5.74, 6) is 0. The zero-order valence-corrected chi connectivity index (χ0v) is 32.9. The number of allylic oxidation sites excluding steroid dienone is 5. The number of hydrogen-bond donors (Lipinski definition) is 0. The lowest BCUT2D eigenvalue weighted by Gasteiger charge is -2.21. The van der Waals surface area contributed by atoms with Crippen molar-refractivity contribution < 1.29 is 4.79 Å². The molecule has 2 aromatic heterocycles. The SMILES string of the molecule is C=C/C(C=O)=C(\C=C)c1cccc2c3cc(-c4cccc(-c5ccc(-n6c(/C=C\C)c(C=C)c7cc8c(cc76)-c6ccccc6C8(C)C)cc5)c4)ccc3n(C)c12. The first-order valence-corrected chi connectivity index (χ1v) is 19.5. The molecule has 3 nitrogen and oxygen atoms in total. The monoisotopic (exact) mass is 736 g/mol. The number of hydrogen-bond acceptors (Lipinski definition) is 1. The summed E-state index contributed by atoms with van der Waals surface area (Å²) in [5, 5.41) is 3.50. The first kappa shape index (κ1) is 35.7. The number of aldehydes is 1. The normalized spacial score (nSPS) is 13.5. The highest BCUT2D eigenvalue weighted by Crippen LogP contribution is 2.51. The molecule has 2 heterocycles. The van der Waals surface area contributed by atoms with Crippen LogP contribution in [0, 0.1) is 0 Å². The molecule has 0 saturated carbocycles. The Morgan fingerprint density at radius 2 is 1.37 bits per heavy atom. The maximum atomic E-state index is 11.9. The number of rotatable bonds is 9. The van der Waals surface area contributed by atoms with Crippen LogP contribution in [0.2, 0.25) is 0 Å². The highest BCUT2D eigenvalue weighted by atomic mass is 16.1. The van der Waals surface area contributed by atoms with Crippen molar-refractivity contribution in [1.29, 1.82) is 0 Å². The minimum Gasteiger partial charge on any atom is -0.343 e. The lowest BCUT2D eigenvalue weighted by Crippen LogP contribution is -2.14. The zero-order valence-electron chi connectivity index (χ0n) is 32.9. The molecule has 6 aromatic carbocycles. The third-order valence-electron chi connectivity index (χ3n) is 12.1. The van der Waals surface area contributed by atoms with Gasteiger partial charge in [0.15, 0.2) is 6.29 Å². The molecule has 0 fully saturated rings. The molecule has 276 valence electrons. The Bertz CT molecular complexity index is 3050. The van der Waals surface area contributed by atoms with E-state index < -0.39 is 0 Å². The van der Waals surface area contributed by atoms with Gasteiger partial charge in [0, 0.05) is 56.5 Å². The molecule has 0 N–H and O–H groups in total. The first-order valence-electron chi connectivity index (χ1n) is 19.5. The van der Waals surface area contributed by atoms with Gasteiger partial charge >= 0.3 is 0 Å². The largest absolute Gasteiger partial charge is 0.343 e. The van der Waals surface area contributed by atoms with Crippen molar-refractivity contribution in [2.75, 3.05) is 0 Å². The van der Waals surface area contributed by atoms with E-state index in [0.717, 1.165) is 78.4 Å². The van der Waals surface area contributed by atoms with Gasteiger partial charge in [0.25, 0.3) is 0 Å². The molecule has 0 unspecified atom stereocenters. The average Bonchev–Trinajstić information content (AvgIpc) is 3.80. The van der Waals surface area contributed by atoms with Crippen LogP contribution >= 0.6 is 0 Å². The van der Waals surface area contributed by atoms with Crippen molar-refractivity contribution in [2.24, 2.45) is 7.05 Å². The molecule has 0 bridgehead atoms. The van der Waals surface area contributed by atoms with Crippen LogP contribution in [0.3, 0.4) is 0 Å². The number of carbonyl (C=O) groups excluding carboxylic acids is 1. The van der Waals surface area contributed by atoms with Crippen molar-refractivity contribution in [3.63, 3.8) is 0 Å². The van der Waals surface area contributed by atoms with E-state index >= 15 is 0 Å². The standard InChI is InChI=1S/C54H44N2O/c1-8-16-51-41(11-4)47-31-49-45(42-19-12-13-22-48(42)54(49,5)6)32-52(47)56(51)39-26-23-35(24-27-39)36-17-14-18-37(29-36)38-25-28-50-46(30-38)44-21-15-20-43(53(44)55(50)7)40(10-3)34(9-2)33-57/h8-33H,2-4H2,1,5-7H3/b16-8-,40-34-. The number of carbonyl (C=O) groups is 1. The van der Waals surface area contributed by atoms with Gasteiger partial charge in [0.05, 0.1) is 16.7 Å². The fourth-order valence-electron chi connectivity index (χ4n) is 9.31. The number of aryl methyl sites for hydroxylation is 1. The summed E-state index contributed by atoms with van der Waals surface area (Å²) in [4.78, 5) is 11.9. The van der Waals surface area contributed by atoms with Crippen LogP contribution in [0.15, 0.2) is 165 Å². The van der Waals surface area contributed by atoms with Gasteiger partial charge in [-0.25, -0.2) is 0 Å². The van der Waals surface area contributed by atoms with Crippen molar-refractivity contribution in [3.8, 4) is 39.1 Å². The minimum atomic E-state index is -0.0810. The average molecular weight is 737 g/mol. The molecule has 1 aliphatic carbocycles. The third kappa shape index (κ3) is 5.38. The number of fused-ring (bicyclic) bond motifs is 7. The van der Waals surface area contributed by atoms with E-state index in [2.05, 4.69) is 178 Å². The summed E-state index contributed by atoms with van der Waals surface area (Å²) >= 11 is 0. The van der Waals surface area contributed by atoms with Gasteiger partial charge in [-0.15, -0.1) is 0 Å². The number of para-hydroxylation sites is 1. The van der Waals surface area contributed by atoms with Gasteiger partial charge in [-0.05, 0) is 106 Å². The van der Waals surface area contributed by atoms with Crippen LogP contribution in [0.5, 0.6) is 0 Å². The van der Waals surface area contributed by atoms with E-state index in [4.69, 9.17) is 0 Å². The molecule has 57 heavy (non-hydrogen) atoms. The van der Waals surface area contributed by atoms with Gasteiger partial charge in [0.1, 0.15) is 0 Å². The van der Waals surface area contributed by atoms with Crippen molar-refractivity contribution >= 4 is 56.7 Å². The van der Waals surface area contributed by atoms with Crippen LogP contribution in [-0.2, 0) is 17.3 Å². The highest BCUT2D eigenvalue weighted by molar-refractivity contribution is 6.14. The number of aromatic nitrogens is 2. The van der Waals surface area contributed by atoms with Gasteiger partial charge < -0.3 is 9.13 Å². The summed E-state index contributed by atoms with van der Waals surface area (Å²) < 4.78 is 4.59. The molecule has 8 aromatic rings. The zero-order chi connectivity index (χ0) is 39.6. The molecule has 0 saturated heterocycles. The minimum absolute atomic E-state index is 0.0810. The van der Waals surface area contributed by atoms with Crippen LogP contribution in [0.4, 0.5) is 0 Å². The second-order valence-electron chi connectivity index (χ2n) is 15.4. The summed E-state index contributed by atoms with van der Waals surface area (Å²) in [6, 6.07) is 44.3. The van der Waals surface area contributed by atoms with E-state index in [0.29, 0.717) is 5.57 Å². The lowest BCUT2D eigenvalue weighted by molar-refractivity contribution is -0.104. The molecule has 0 aliphatic heterocycles. The molecular formula is C54H44N2O. The van der Waals surface area contributed by atoms with Crippen molar-refractivity contribution in [2.45, 2.75) is 26.2 Å². The Morgan fingerprint density at radius 1 is 0.649 bits per heavy atom. The Labute approximate surface area is 334 Å². The van der Waals surface area contributed by atoms with Crippen molar-refractivity contribution in [3.05, 3.63) is 193 Å². The second-order valence-corrected chi connectivity index (χ2v) is 15.4. The fourth-order valence-corrected chi connectivity index (χ4v) is 9.31. The van der Waals surface area contributed by atoms with E-state index in [1.807, 2.05) is 18.2 Å². The van der Waals surface area contributed by atoms with Crippen LogP contribution in [0.1, 0.15) is 48.7 Å². The second kappa shape index (κ2) is 13.6. The smallest absolute Gasteiger partial charge is 0.150 e. The predicted octanol–water partition coefficient (Wildman–Crippen LogP) is 13.9. The molecule has 0 atom stereocenters. The van der Waals surface area contributed by atoms with E-state index in [1.165, 1.54) is 33.2 Å². The van der Waals surface area contributed by atoms with Gasteiger partial charge in [-0.1, -0.05) is 137 Å². The number of benzene rings is 6. The van der Waals surface area contributed by atoms with E-state index in [1.54, 1.807) is 12.2 Å². The summed E-state index contributed by atoms with van der Waals surface area (Å²) in [7, 11) is 2.08. The lowest BCUT2D eigenvalue weighted by atomic mass is 9.82. The third-order valence-corrected chi connectivity index (χ3v) is 12.1. The van der Waals surface area contributed by atoms with E-state index in [-0.39, 0.29) is 5.41 Å². The maximum Gasteiger partial charge on any atom is 0.150 e. The van der Waals surface area contributed by atoms with Gasteiger partial charge in [-0.2, -0.15) is 0 Å². The van der Waals surface area contributed by atoms with Gasteiger partial charge in [-0.3, -0.25) is 4.79 Å². The molecular weight excluding hydrogens is 693 g/mol. The quantitative estimate of drug-likeness (QED) is 0.0823. The van der Waals surface area contributed by atoms with Gasteiger partial charge in [0.2, 0.25) is 0 Å². The molecule has 3 heteroatoms. The Kier molecular flexibility index (Phi) is 8.55. The molecule has 9 rings (SSSR count). The predicted molar refractivity (Wildman–Crippen MR) is 244 cm³/mol. The fraction of sp³-hybridized carbons (Fsp3) is 0.0926. The van der Waals surface area contributed by atoms with Crippen LogP contribution in [-0.4, -0.2) is 15.4 Å².